The van der Waals surface area contributed by atoms with Crippen molar-refractivity contribution >= 4 is 43.4 Å². The van der Waals surface area contributed by atoms with Crippen molar-refractivity contribution in [2.45, 2.75) is 52.0 Å². The highest BCUT2D eigenvalue weighted by Crippen LogP contribution is 2.10. The first kappa shape index (κ1) is 28.8. The lowest BCUT2D eigenvalue weighted by Gasteiger charge is -2.18. The molecule has 0 bridgehead atoms. The van der Waals surface area contributed by atoms with E-state index >= 15 is 0 Å². The fraction of sp³-hybridized carbons (Fsp3) is 0.625. The highest BCUT2D eigenvalue weighted by molar-refractivity contribution is 8.03. The van der Waals surface area contributed by atoms with E-state index in [0.29, 0.717) is 18.7 Å². The Morgan fingerprint density at radius 2 is 1.10 bits per heavy atom. The lowest BCUT2D eigenvalue weighted by molar-refractivity contribution is 0.438. The zero-order valence-corrected chi connectivity index (χ0v) is 20.3. The van der Waals surface area contributed by atoms with Gasteiger partial charge in [0.15, 0.2) is 11.8 Å². The molecule has 0 aliphatic carbocycles. The van der Waals surface area contributed by atoms with Gasteiger partial charge in [-0.2, -0.15) is 0 Å². The number of aryl methyl sites for hydroxylation is 6. The first-order valence-electron chi connectivity index (χ1n) is 8.50. The van der Waals surface area contributed by atoms with Gasteiger partial charge >= 0.3 is 0 Å². The Bertz CT molecular complexity index is 920. The molecule has 2 rings (SSSR count). The van der Waals surface area contributed by atoms with E-state index in [9.17, 15) is 25.9 Å². The quantitative estimate of drug-likeness (QED) is 0.419. The van der Waals surface area contributed by atoms with Crippen LogP contribution in [0.5, 0.6) is 0 Å². The van der Waals surface area contributed by atoms with E-state index in [1.165, 1.54) is 0 Å². The van der Waals surface area contributed by atoms with Gasteiger partial charge in [0, 0.05) is 38.4 Å². The molecule has 0 aliphatic heterocycles. The molecule has 14 heteroatoms. The van der Waals surface area contributed by atoms with Gasteiger partial charge in [-0.15, -0.1) is 23.2 Å². The molecular weight excluding hydrogens is 483 g/mol. The summed E-state index contributed by atoms with van der Waals surface area (Å²) in [5.41, 5.74) is 1.91. The minimum Gasteiger partial charge on any atom is -0.747 e. The second kappa shape index (κ2) is 12.6. The van der Waals surface area contributed by atoms with Crippen LogP contribution in [0.15, 0.2) is 8.83 Å². The molecule has 0 saturated carbocycles. The summed E-state index contributed by atoms with van der Waals surface area (Å²) in [7, 11) is -10.0. The van der Waals surface area contributed by atoms with Crippen LogP contribution < -0.4 is 0 Å². The minimum atomic E-state index is -5.01. The number of nitrogens with zero attached hydrogens (tertiary/aromatic N) is 2. The lowest BCUT2D eigenvalue weighted by atomic mass is 10.3. The van der Waals surface area contributed by atoms with Crippen LogP contribution in [0.2, 0.25) is 0 Å². The Balaban J connectivity index is 0.000000420. The highest BCUT2D eigenvalue weighted by atomic mass is 35.5. The maximum atomic E-state index is 9.84. The Morgan fingerprint density at radius 3 is 1.23 bits per heavy atom. The van der Waals surface area contributed by atoms with Crippen molar-refractivity contribution < 1.29 is 34.8 Å². The van der Waals surface area contributed by atoms with Crippen LogP contribution in [0.3, 0.4) is 0 Å². The monoisotopic (exact) mass is 506 g/mol. The lowest BCUT2D eigenvalue weighted by Crippen LogP contribution is -2.26. The van der Waals surface area contributed by atoms with Crippen molar-refractivity contribution in [1.29, 1.82) is 0 Å². The summed E-state index contributed by atoms with van der Waals surface area (Å²) in [4.78, 5) is 8.21. The van der Waals surface area contributed by atoms with Crippen LogP contribution in [0.25, 0.3) is 0 Å². The van der Waals surface area contributed by atoms with Gasteiger partial charge in [-0.05, 0) is 20.8 Å². The first-order valence-corrected chi connectivity index (χ1v) is 12.5. The number of hydrogen-bond donors (Lipinski definition) is 0. The maximum Gasteiger partial charge on any atom is 0.191 e. The molecule has 10 nitrogen and oxygen atoms in total. The fourth-order valence-corrected chi connectivity index (χ4v) is 3.42. The van der Waals surface area contributed by atoms with Gasteiger partial charge in [0.1, 0.15) is 36.3 Å². The Kier molecular flexibility index (Phi) is 12.1. The summed E-state index contributed by atoms with van der Waals surface area (Å²) in [6.07, 6.45) is 1.54. The standard InChI is InChI=1S/2C7H10ClNO.C2H6O6S2/c2*1-5-7(3-4-8)10-6(2)9-5;1-2(9(3,4)5)10(6,7)8/h2*3-4H2,1-2H3;2H,1H3,(H,3,4,5)(H,6,7,8)/p-2. The minimum absolute atomic E-state index is 0.532. The SMILES string of the molecule is CC(S(=O)(=O)[O-])S(=O)(=O)[O-].Cc1nc(C)c(CCCl)o1.Cc1nc(C)c(CCCl)o1. The molecular formula is C16H24Cl2N2O8S2-2. The normalized spacial score (nSPS) is 11.5. The first-order chi connectivity index (χ1) is 13.6. The number of oxazole rings is 2. The molecule has 0 spiro atoms. The van der Waals surface area contributed by atoms with Gasteiger partial charge in [-0.1, -0.05) is 0 Å². The Labute approximate surface area is 186 Å². The van der Waals surface area contributed by atoms with E-state index in [1.807, 2.05) is 27.7 Å². The van der Waals surface area contributed by atoms with Crippen LogP contribution in [0.4, 0.5) is 0 Å². The predicted octanol–water partition coefficient (Wildman–Crippen LogP) is 2.57. The molecule has 2 aromatic heterocycles. The molecule has 2 aromatic rings. The van der Waals surface area contributed by atoms with Crippen molar-refractivity contribution in [2.24, 2.45) is 0 Å². The van der Waals surface area contributed by atoms with E-state index in [-0.39, 0.29) is 0 Å². The summed E-state index contributed by atoms with van der Waals surface area (Å²) < 4.78 is 67.2. The largest absolute Gasteiger partial charge is 0.747 e. The van der Waals surface area contributed by atoms with Crippen molar-refractivity contribution in [3.8, 4) is 0 Å². The molecule has 0 saturated heterocycles. The van der Waals surface area contributed by atoms with E-state index < -0.39 is 24.8 Å². The Hall–Kier alpha value is -1.18. The van der Waals surface area contributed by atoms with Crippen LogP contribution in [-0.4, -0.2) is 52.3 Å². The summed E-state index contributed by atoms with van der Waals surface area (Å²) >= 11 is 11.1. The molecule has 0 N–H and O–H groups in total. The molecule has 0 unspecified atom stereocenters. The third kappa shape index (κ3) is 10.7. The molecule has 0 fully saturated rings. The van der Waals surface area contributed by atoms with E-state index in [1.54, 1.807) is 0 Å². The summed E-state index contributed by atoms with van der Waals surface area (Å²) in [5, 5.41) is 0. The van der Waals surface area contributed by atoms with E-state index in [2.05, 4.69) is 9.97 Å². The molecule has 0 aliphatic rings. The number of hydrogen-bond acceptors (Lipinski definition) is 10. The number of halogens is 2. The predicted molar refractivity (Wildman–Crippen MR) is 110 cm³/mol. The van der Waals surface area contributed by atoms with Crippen LogP contribution in [0, 0.1) is 27.7 Å². The average Bonchev–Trinajstić information content (AvgIpc) is 3.07. The summed E-state index contributed by atoms with van der Waals surface area (Å²) in [5.74, 6) is 4.44. The zero-order valence-electron chi connectivity index (χ0n) is 17.1. The Morgan fingerprint density at radius 1 is 0.800 bits per heavy atom. The van der Waals surface area contributed by atoms with Gasteiger partial charge < -0.3 is 17.9 Å². The molecule has 174 valence electrons. The molecule has 0 atom stereocenters. The van der Waals surface area contributed by atoms with E-state index in [4.69, 9.17) is 32.0 Å². The second-order valence-corrected chi connectivity index (χ2v) is 10.4. The molecule has 0 radical (unpaired) electrons. The van der Waals surface area contributed by atoms with Gasteiger partial charge in [0.2, 0.25) is 0 Å². The van der Waals surface area contributed by atoms with Crippen LogP contribution in [-0.2, 0) is 33.1 Å². The van der Waals surface area contributed by atoms with E-state index in [0.717, 1.165) is 47.5 Å². The van der Waals surface area contributed by atoms with Gasteiger partial charge in [0.05, 0.1) is 11.4 Å². The second-order valence-electron chi connectivity index (χ2n) is 5.91. The summed E-state index contributed by atoms with van der Waals surface area (Å²) in [6.45, 7) is 8.07. The smallest absolute Gasteiger partial charge is 0.191 e. The third-order valence-electron chi connectivity index (χ3n) is 3.46. The average molecular weight is 507 g/mol. The number of aromatic nitrogens is 2. The third-order valence-corrected chi connectivity index (χ3v) is 6.87. The van der Waals surface area contributed by atoms with Gasteiger partial charge in [-0.25, -0.2) is 26.8 Å². The summed E-state index contributed by atoms with van der Waals surface area (Å²) in [6, 6.07) is 0. The molecule has 0 aromatic carbocycles. The number of alkyl halides is 2. The van der Waals surface area contributed by atoms with Crippen LogP contribution >= 0.6 is 23.2 Å². The van der Waals surface area contributed by atoms with Crippen LogP contribution in [0.1, 0.15) is 41.6 Å². The van der Waals surface area contributed by atoms with Crippen molar-refractivity contribution in [3.05, 3.63) is 34.7 Å². The number of rotatable bonds is 6. The topological polar surface area (TPSA) is 166 Å². The fourth-order valence-electron chi connectivity index (χ4n) is 1.93. The van der Waals surface area contributed by atoms with Gasteiger partial charge in [-0.3, -0.25) is 0 Å². The molecule has 0 amide bonds. The van der Waals surface area contributed by atoms with Crippen molar-refractivity contribution in [1.82, 2.24) is 9.97 Å². The van der Waals surface area contributed by atoms with Gasteiger partial charge in [0.25, 0.3) is 0 Å². The van der Waals surface area contributed by atoms with Crippen molar-refractivity contribution in [2.75, 3.05) is 11.8 Å². The molecule has 2 heterocycles. The van der Waals surface area contributed by atoms with Crippen molar-refractivity contribution in [3.63, 3.8) is 0 Å². The maximum absolute atomic E-state index is 9.84. The molecule has 30 heavy (non-hydrogen) atoms. The highest BCUT2D eigenvalue weighted by Gasteiger charge is 2.16. The zero-order chi connectivity index (χ0) is 23.7.